The Hall–Kier alpha value is -2.61. The second kappa shape index (κ2) is 8.48. The van der Waals surface area contributed by atoms with Gasteiger partial charge in [-0.3, -0.25) is 4.79 Å². The predicted molar refractivity (Wildman–Crippen MR) is 88.6 cm³/mol. The van der Waals surface area contributed by atoms with Gasteiger partial charge >= 0.3 is 6.18 Å². The van der Waals surface area contributed by atoms with Crippen LogP contribution in [0.15, 0.2) is 42.6 Å². The molecule has 1 aromatic carbocycles. The zero-order chi connectivity index (χ0) is 18.3. The molecule has 0 spiro atoms. The van der Waals surface area contributed by atoms with Crippen LogP contribution in [0.2, 0.25) is 0 Å². The van der Waals surface area contributed by atoms with E-state index in [1.165, 1.54) is 18.3 Å². The fourth-order valence-electron chi connectivity index (χ4n) is 2.01. The highest BCUT2D eigenvalue weighted by molar-refractivity contribution is 6.04. The van der Waals surface area contributed by atoms with Gasteiger partial charge < -0.3 is 15.4 Å². The van der Waals surface area contributed by atoms with Crippen molar-refractivity contribution in [1.82, 2.24) is 4.98 Å². The lowest BCUT2D eigenvalue weighted by Crippen LogP contribution is -2.13. The highest BCUT2D eigenvalue weighted by atomic mass is 19.4. The lowest BCUT2D eigenvalue weighted by atomic mass is 10.2. The van der Waals surface area contributed by atoms with E-state index in [4.69, 9.17) is 4.74 Å². The number of rotatable bonds is 7. The van der Waals surface area contributed by atoms with Crippen LogP contribution in [0.3, 0.4) is 0 Å². The van der Waals surface area contributed by atoms with E-state index in [2.05, 4.69) is 15.6 Å². The van der Waals surface area contributed by atoms with Gasteiger partial charge in [-0.25, -0.2) is 4.98 Å². The van der Waals surface area contributed by atoms with Crippen molar-refractivity contribution < 1.29 is 22.7 Å². The number of carbonyl (C=O) groups excluding carboxylic acids is 1. The molecule has 0 aliphatic rings. The number of hydrogen-bond acceptors (Lipinski definition) is 4. The molecular formula is C17H18F3N3O2. The second-order valence-corrected chi connectivity index (χ2v) is 5.23. The summed E-state index contributed by atoms with van der Waals surface area (Å²) in [6, 6.07) is 7.50. The molecule has 8 heteroatoms. The molecule has 0 atom stereocenters. The van der Waals surface area contributed by atoms with Crippen molar-refractivity contribution in [2.75, 3.05) is 30.9 Å². The van der Waals surface area contributed by atoms with Gasteiger partial charge in [0.25, 0.3) is 5.91 Å². The van der Waals surface area contributed by atoms with Gasteiger partial charge in [-0.1, -0.05) is 0 Å². The minimum Gasteiger partial charge on any atom is -0.385 e. The maximum atomic E-state index is 12.5. The first-order valence-electron chi connectivity index (χ1n) is 7.57. The van der Waals surface area contributed by atoms with Crippen LogP contribution in [-0.4, -0.2) is 31.2 Å². The fourth-order valence-corrected chi connectivity index (χ4v) is 2.01. The Labute approximate surface area is 143 Å². The topological polar surface area (TPSA) is 63.2 Å². The summed E-state index contributed by atoms with van der Waals surface area (Å²) in [6.07, 6.45) is -2.18. The third-order valence-corrected chi connectivity index (χ3v) is 3.33. The van der Waals surface area contributed by atoms with Gasteiger partial charge in [0.15, 0.2) is 0 Å². The van der Waals surface area contributed by atoms with Crippen molar-refractivity contribution >= 4 is 17.4 Å². The number of benzene rings is 1. The monoisotopic (exact) mass is 353 g/mol. The van der Waals surface area contributed by atoms with E-state index in [0.29, 0.717) is 24.5 Å². The van der Waals surface area contributed by atoms with Crippen molar-refractivity contribution in [2.24, 2.45) is 0 Å². The number of hydrogen-bond donors (Lipinski definition) is 2. The van der Waals surface area contributed by atoms with E-state index in [1.807, 2.05) is 0 Å². The average molecular weight is 353 g/mol. The van der Waals surface area contributed by atoms with Gasteiger partial charge in [0.1, 0.15) is 5.82 Å². The second-order valence-electron chi connectivity index (χ2n) is 5.23. The molecule has 134 valence electrons. The number of pyridine rings is 1. The van der Waals surface area contributed by atoms with Crippen LogP contribution in [0.5, 0.6) is 0 Å². The molecule has 1 aromatic heterocycles. The van der Waals surface area contributed by atoms with Gasteiger partial charge in [-0.15, -0.1) is 0 Å². The fraction of sp³-hybridized carbons (Fsp3) is 0.294. The number of aromatic nitrogens is 1. The summed E-state index contributed by atoms with van der Waals surface area (Å²) < 4.78 is 42.5. The largest absolute Gasteiger partial charge is 0.416 e. The summed E-state index contributed by atoms with van der Waals surface area (Å²) in [4.78, 5) is 16.2. The van der Waals surface area contributed by atoms with Gasteiger partial charge in [-0.05, 0) is 42.8 Å². The number of carbonyl (C=O) groups is 1. The van der Waals surface area contributed by atoms with Crippen LogP contribution < -0.4 is 10.6 Å². The number of nitrogens with zero attached hydrogens (tertiary/aromatic N) is 1. The number of amides is 1. The quantitative estimate of drug-likeness (QED) is 0.743. The van der Waals surface area contributed by atoms with Gasteiger partial charge in [0.2, 0.25) is 0 Å². The molecule has 0 saturated carbocycles. The minimum absolute atomic E-state index is 0.278. The lowest BCUT2D eigenvalue weighted by Gasteiger charge is -2.09. The lowest BCUT2D eigenvalue weighted by molar-refractivity contribution is -0.137. The number of halogens is 3. The molecule has 1 heterocycles. The Morgan fingerprint density at radius 2 is 1.88 bits per heavy atom. The number of ether oxygens (including phenoxy) is 1. The van der Waals surface area contributed by atoms with Crippen molar-refractivity contribution in [3.8, 4) is 0 Å². The maximum Gasteiger partial charge on any atom is 0.416 e. The Balaban J connectivity index is 1.92. The van der Waals surface area contributed by atoms with Crippen LogP contribution in [0.4, 0.5) is 24.7 Å². The highest BCUT2D eigenvalue weighted by Crippen LogP contribution is 2.29. The summed E-state index contributed by atoms with van der Waals surface area (Å²) in [5, 5.41) is 5.62. The van der Waals surface area contributed by atoms with E-state index in [-0.39, 0.29) is 5.69 Å². The number of alkyl halides is 3. The molecule has 0 bridgehead atoms. The zero-order valence-corrected chi connectivity index (χ0v) is 13.6. The first-order chi connectivity index (χ1) is 11.9. The number of nitrogens with one attached hydrogen (secondary N) is 2. The molecule has 2 N–H and O–H groups in total. The predicted octanol–water partition coefficient (Wildman–Crippen LogP) is 3.80. The van der Waals surface area contributed by atoms with Crippen molar-refractivity contribution in [3.63, 3.8) is 0 Å². The van der Waals surface area contributed by atoms with Crippen LogP contribution in [0.1, 0.15) is 22.3 Å². The van der Waals surface area contributed by atoms with Crippen molar-refractivity contribution in [1.29, 1.82) is 0 Å². The molecule has 2 rings (SSSR count). The van der Waals surface area contributed by atoms with E-state index in [1.54, 1.807) is 19.2 Å². The summed E-state index contributed by atoms with van der Waals surface area (Å²) >= 11 is 0. The third kappa shape index (κ3) is 5.75. The molecule has 0 radical (unpaired) electrons. The Morgan fingerprint density at radius 3 is 2.44 bits per heavy atom. The van der Waals surface area contributed by atoms with Crippen LogP contribution in [-0.2, 0) is 10.9 Å². The normalized spacial score (nSPS) is 11.2. The number of methoxy groups -OCH3 is 1. The van der Waals surface area contributed by atoms with E-state index >= 15 is 0 Å². The Kier molecular flexibility index (Phi) is 6.35. The summed E-state index contributed by atoms with van der Waals surface area (Å²) in [5.74, 6) is 0.181. The molecule has 5 nitrogen and oxygen atoms in total. The maximum absolute atomic E-state index is 12.5. The number of anilines is 2. The zero-order valence-electron chi connectivity index (χ0n) is 13.6. The van der Waals surface area contributed by atoms with Crippen LogP contribution >= 0.6 is 0 Å². The smallest absolute Gasteiger partial charge is 0.385 e. The van der Waals surface area contributed by atoms with Gasteiger partial charge in [0, 0.05) is 32.1 Å². The first-order valence-corrected chi connectivity index (χ1v) is 7.57. The third-order valence-electron chi connectivity index (χ3n) is 3.33. The summed E-state index contributed by atoms with van der Waals surface area (Å²) in [5.41, 5.74) is -0.182. The molecule has 0 aliphatic carbocycles. The SMILES string of the molecule is COCCCNc1ccc(C(=O)Nc2ccc(C(F)(F)F)cc2)cn1. The molecule has 0 fully saturated rings. The van der Waals surface area contributed by atoms with E-state index in [9.17, 15) is 18.0 Å². The molecule has 0 aliphatic heterocycles. The standard InChI is InChI=1S/C17H18F3N3O2/c1-25-10-2-9-21-15-8-3-12(11-22-15)16(24)23-14-6-4-13(5-7-14)17(18,19)20/h3-8,11H,2,9-10H2,1H3,(H,21,22)(H,23,24). The first kappa shape index (κ1) is 18.7. The molecular weight excluding hydrogens is 335 g/mol. The summed E-state index contributed by atoms with van der Waals surface area (Å²) in [6.45, 7) is 1.33. The van der Waals surface area contributed by atoms with Crippen molar-refractivity contribution in [2.45, 2.75) is 12.6 Å². The molecule has 0 unspecified atom stereocenters. The van der Waals surface area contributed by atoms with Gasteiger partial charge in [-0.2, -0.15) is 13.2 Å². The average Bonchev–Trinajstić information content (AvgIpc) is 2.59. The molecule has 1 amide bonds. The minimum atomic E-state index is -4.40. The van der Waals surface area contributed by atoms with Crippen molar-refractivity contribution in [3.05, 3.63) is 53.7 Å². The van der Waals surface area contributed by atoms with Crippen LogP contribution in [0.25, 0.3) is 0 Å². The molecule has 0 saturated heterocycles. The van der Waals surface area contributed by atoms with E-state index in [0.717, 1.165) is 18.6 Å². The Bertz CT molecular complexity index is 686. The molecule has 25 heavy (non-hydrogen) atoms. The molecule has 2 aromatic rings. The van der Waals surface area contributed by atoms with Crippen LogP contribution in [0, 0.1) is 0 Å². The highest BCUT2D eigenvalue weighted by Gasteiger charge is 2.29. The van der Waals surface area contributed by atoms with Gasteiger partial charge in [0.05, 0.1) is 11.1 Å². The Morgan fingerprint density at radius 1 is 1.16 bits per heavy atom. The summed E-state index contributed by atoms with van der Waals surface area (Å²) in [7, 11) is 1.63. The van der Waals surface area contributed by atoms with E-state index < -0.39 is 17.6 Å².